The molecule has 30 heavy (non-hydrogen) atoms. The van der Waals surface area contributed by atoms with Gasteiger partial charge in [-0.2, -0.15) is 0 Å². The molecule has 1 saturated heterocycles. The Morgan fingerprint density at radius 1 is 0.700 bits per heavy atom. The zero-order valence-electron chi connectivity index (χ0n) is 18.8. The minimum Gasteiger partial charge on any atom is -1.00 e. The van der Waals surface area contributed by atoms with Crippen LogP contribution in [0.4, 0.5) is 11.4 Å². The van der Waals surface area contributed by atoms with E-state index in [4.69, 9.17) is 0 Å². The lowest BCUT2D eigenvalue weighted by Crippen LogP contribution is -3.00. The van der Waals surface area contributed by atoms with Gasteiger partial charge in [-0.15, -0.1) is 0 Å². The number of likely N-dealkylation sites (tertiary alicyclic amines) is 1. The monoisotopic (exact) mass is 517 g/mol. The molecule has 0 spiro atoms. The summed E-state index contributed by atoms with van der Waals surface area (Å²) in [5.74, 6) is 0.163. The van der Waals surface area contributed by atoms with Gasteiger partial charge in [-0.25, -0.2) is 0 Å². The minimum atomic E-state index is 0. The number of Topliss-reactive ketones (excluding diaryl/α,β-unsaturated/α-hetero) is 1. The highest BCUT2D eigenvalue weighted by atomic mass is 127. The van der Waals surface area contributed by atoms with Crippen LogP contribution in [0.25, 0.3) is 12.2 Å². The molecule has 0 aliphatic carbocycles. The van der Waals surface area contributed by atoms with Crippen molar-refractivity contribution in [2.24, 2.45) is 0 Å². The van der Waals surface area contributed by atoms with Crippen LogP contribution in [-0.4, -0.2) is 65.6 Å². The summed E-state index contributed by atoms with van der Waals surface area (Å²) < 4.78 is 0.773. The molecule has 0 atom stereocenters. The van der Waals surface area contributed by atoms with Crippen molar-refractivity contribution < 1.29 is 33.3 Å². The molecule has 0 radical (unpaired) electrons. The van der Waals surface area contributed by atoms with Crippen molar-refractivity contribution >= 4 is 29.3 Å². The molecule has 1 aliphatic rings. The lowest BCUT2D eigenvalue weighted by atomic mass is 9.93. The number of quaternary nitrogens is 1. The van der Waals surface area contributed by atoms with E-state index in [1.54, 1.807) is 0 Å². The maximum atomic E-state index is 13.2. The van der Waals surface area contributed by atoms with Crippen molar-refractivity contribution in [3.63, 3.8) is 0 Å². The van der Waals surface area contributed by atoms with Gasteiger partial charge in [-0.3, -0.25) is 4.79 Å². The van der Waals surface area contributed by atoms with Gasteiger partial charge in [0.15, 0.2) is 5.78 Å². The predicted octanol–water partition coefficient (Wildman–Crippen LogP) is 0.949. The summed E-state index contributed by atoms with van der Waals surface area (Å²) in [6, 6.07) is 16.7. The number of hydrogen-bond donors (Lipinski definition) is 0. The van der Waals surface area contributed by atoms with E-state index in [-0.39, 0.29) is 29.8 Å². The number of ketones is 1. The summed E-state index contributed by atoms with van der Waals surface area (Å²) >= 11 is 0. The summed E-state index contributed by atoms with van der Waals surface area (Å²) in [5.41, 5.74) is 6.18. The predicted molar refractivity (Wildman–Crippen MR) is 124 cm³/mol. The number of piperidine rings is 1. The number of nitrogens with zero attached hydrogens (tertiary/aromatic N) is 3. The number of benzene rings is 2. The van der Waals surface area contributed by atoms with Crippen molar-refractivity contribution in [3.05, 3.63) is 70.8 Å². The Balaban J connectivity index is 0.00000320. The fraction of sp³-hybridized carbons (Fsp3) is 0.320. The number of rotatable bonds is 4. The summed E-state index contributed by atoms with van der Waals surface area (Å²) in [5, 5.41) is 0. The number of hydrogen-bond acceptors (Lipinski definition) is 3. The van der Waals surface area contributed by atoms with Gasteiger partial charge in [0.2, 0.25) is 0 Å². The highest BCUT2D eigenvalue weighted by Crippen LogP contribution is 2.26. The summed E-state index contributed by atoms with van der Waals surface area (Å²) in [7, 11) is 12.5. The van der Waals surface area contributed by atoms with Crippen LogP contribution in [0.15, 0.2) is 59.7 Å². The zero-order valence-corrected chi connectivity index (χ0v) is 21.0. The normalized spacial score (nSPS) is 18.3. The van der Waals surface area contributed by atoms with Crippen molar-refractivity contribution in [2.45, 2.75) is 0 Å². The Kier molecular flexibility index (Phi) is 7.88. The first-order valence-corrected chi connectivity index (χ1v) is 9.97. The number of halogens is 1. The molecule has 0 saturated carbocycles. The van der Waals surface area contributed by atoms with Crippen LogP contribution < -0.4 is 33.8 Å². The van der Waals surface area contributed by atoms with Crippen molar-refractivity contribution in [3.8, 4) is 0 Å². The topological polar surface area (TPSA) is 23.6 Å². The average Bonchev–Trinajstić information content (AvgIpc) is 2.66. The van der Waals surface area contributed by atoms with Gasteiger partial charge >= 0.3 is 0 Å². The fourth-order valence-electron chi connectivity index (χ4n) is 3.69. The molecule has 2 aromatic carbocycles. The molecule has 0 bridgehead atoms. The summed E-state index contributed by atoms with van der Waals surface area (Å²) in [6.45, 7) is 1.48. The van der Waals surface area contributed by atoms with Crippen LogP contribution in [0.3, 0.4) is 0 Å². The molecule has 0 N–H and O–H groups in total. The molecule has 0 amide bonds. The molecule has 1 aliphatic heterocycles. The maximum absolute atomic E-state index is 13.2. The second-order valence-electron chi connectivity index (χ2n) is 8.89. The molecule has 1 heterocycles. The fourth-order valence-corrected chi connectivity index (χ4v) is 3.69. The molecule has 2 aromatic rings. The minimum absolute atomic E-state index is 0. The third-order valence-electron chi connectivity index (χ3n) is 5.28. The first kappa shape index (κ1) is 24.2. The van der Waals surface area contributed by atoms with Gasteiger partial charge in [0.25, 0.3) is 0 Å². The molecule has 3 rings (SSSR count). The van der Waals surface area contributed by atoms with Crippen LogP contribution in [0.2, 0.25) is 0 Å². The SMILES string of the molecule is CN(C)c1ccc(/C=C2/C[N+](C)(C)C/C(=C/c3ccc(N(C)C)cc3)C2=O)cc1.[I-]. The second-order valence-corrected chi connectivity index (χ2v) is 8.89. The lowest BCUT2D eigenvalue weighted by molar-refractivity contribution is -0.881. The van der Waals surface area contributed by atoms with Crippen molar-refractivity contribution in [2.75, 3.05) is 65.2 Å². The first-order valence-electron chi connectivity index (χ1n) is 9.97. The van der Waals surface area contributed by atoms with Crippen LogP contribution in [0.1, 0.15) is 11.1 Å². The first-order chi connectivity index (χ1) is 13.6. The Bertz CT molecular complexity index is 864. The van der Waals surface area contributed by atoms with Crippen molar-refractivity contribution in [1.82, 2.24) is 0 Å². The maximum Gasteiger partial charge on any atom is 0.196 e. The van der Waals surface area contributed by atoms with Gasteiger partial charge in [-0.1, -0.05) is 24.3 Å². The van der Waals surface area contributed by atoms with Gasteiger partial charge in [0.05, 0.1) is 25.2 Å². The quantitative estimate of drug-likeness (QED) is 0.343. The van der Waals surface area contributed by atoms with E-state index in [2.05, 4.69) is 72.4 Å². The van der Waals surface area contributed by atoms with Gasteiger partial charge < -0.3 is 38.3 Å². The van der Waals surface area contributed by atoms with E-state index in [1.807, 2.05) is 40.3 Å². The van der Waals surface area contributed by atoms with E-state index < -0.39 is 0 Å². The smallest absolute Gasteiger partial charge is 0.196 e. The van der Waals surface area contributed by atoms with Gasteiger partial charge in [0.1, 0.15) is 13.1 Å². The average molecular weight is 517 g/mol. The summed E-state index contributed by atoms with van der Waals surface area (Å²) in [6.07, 6.45) is 4.09. The molecule has 0 aromatic heterocycles. The molecule has 4 nitrogen and oxygen atoms in total. The highest BCUT2D eigenvalue weighted by Gasteiger charge is 2.33. The Morgan fingerprint density at radius 2 is 1.03 bits per heavy atom. The summed E-state index contributed by atoms with van der Waals surface area (Å²) in [4.78, 5) is 17.4. The van der Waals surface area contributed by atoms with E-state index in [0.717, 1.165) is 51.2 Å². The number of likely N-dealkylation sites (N-methyl/N-ethyl adjacent to an activating group) is 1. The van der Waals surface area contributed by atoms with Crippen LogP contribution >= 0.6 is 0 Å². The van der Waals surface area contributed by atoms with Crippen LogP contribution in [0, 0.1) is 0 Å². The highest BCUT2D eigenvalue weighted by molar-refractivity contribution is 6.14. The molecule has 5 heteroatoms. The Hall–Kier alpha value is -2.12. The molecule has 0 unspecified atom stereocenters. The van der Waals surface area contributed by atoms with Crippen LogP contribution in [0.5, 0.6) is 0 Å². The molecular formula is C25H32IN3O. The Morgan fingerprint density at radius 3 is 1.33 bits per heavy atom. The number of anilines is 2. The van der Waals surface area contributed by atoms with Gasteiger partial charge in [-0.05, 0) is 47.5 Å². The van der Waals surface area contributed by atoms with E-state index >= 15 is 0 Å². The zero-order chi connectivity index (χ0) is 21.2. The lowest BCUT2D eigenvalue weighted by Gasteiger charge is -2.35. The number of carbonyl (C=O) groups is 1. The molecule has 160 valence electrons. The van der Waals surface area contributed by atoms with Gasteiger partial charge in [0, 0.05) is 39.6 Å². The van der Waals surface area contributed by atoms with Crippen molar-refractivity contribution in [1.29, 1.82) is 0 Å². The van der Waals surface area contributed by atoms with E-state index in [9.17, 15) is 4.79 Å². The second kappa shape index (κ2) is 9.79. The Labute approximate surface area is 198 Å². The third-order valence-corrected chi connectivity index (χ3v) is 5.28. The molecule has 1 fully saturated rings. The third kappa shape index (κ3) is 5.95. The van der Waals surface area contributed by atoms with E-state index in [1.165, 1.54) is 0 Å². The van der Waals surface area contributed by atoms with Crippen LogP contribution in [-0.2, 0) is 4.79 Å². The largest absolute Gasteiger partial charge is 1.00 e. The number of carbonyl (C=O) groups excluding carboxylic acids is 1. The molecular weight excluding hydrogens is 485 g/mol. The standard InChI is InChI=1S/C25H32N3O.HI/c1-26(2)23-11-7-19(8-12-23)15-21-17-28(5,6)18-22(25(21)29)16-20-9-13-24(14-10-20)27(3)4;/h7-16H,17-18H2,1-6H3;1H/q+1;/p-1/b21-15-,22-16-;. The van der Waals surface area contributed by atoms with E-state index in [0.29, 0.717) is 0 Å².